The van der Waals surface area contributed by atoms with E-state index in [-0.39, 0.29) is 17.9 Å². The summed E-state index contributed by atoms with van der Waals surface area (Å²) < 4.78 is 5.47. The Kier molecular flexibility index (Phi) is 8.10. The van der Waals surface area contributed by atoms with E-state index in [1.165, 1.54) is 11.8 Å². The summed E-state index contributed by atoms with van der Waals surface area (Å²) in [6, 6.07) is 11.1. The number of nitrogens with zero attached hydrogens (tertiary/aromatic N) is 4. The third-order valence-corrected chi connectivity index (χ3v) is 8.60. The molecule has 1 N–H and O–H groups in total. The Morgan fingerprint density at radius 2 is 1.80 bits per heavy atom. The molecule has 214 valence electrons. The van der Waals surface area contributed by atoms with E-state index in [0.717, 1.165) is 28.0 Å². The molecule has 2 fully saturated rings. The molecule has 0 aliphatic carbocycles. The molecule has 9 nitrogen and oxygen atoms in total. The normalized spacial score (nSPS) is 18.7. The van der Waals surface area contributed by atoms with E-state index in [9.17, 15) is 14.4 Å². The number of amides is 3. The zero-order chi connectivity index (χ0) is 28.6. The number of carbonyl (C=O) groups excluding carboxylic acids is 3. The van der Waals surface area contributed by atoms with Gasteiger partial charge in [0.1, 0.15) is 17.3 Å². The Hall–Kier alpha value is -3.11. The van der Waals surface area contributed by atoms with Gasteiger partial charge in [0, 0.05) is 48.0 Å². The van der Waals surface area contributed by atoms with E-state index in [1.54, 1.807) is 25.7 Å². The van der Waals surface area contributed by atoms with Gasteiger partial charge in [-0.1, -0.05) is 23.7 Å². The average Bonchev–Trinajstić information content (AvgIpc) is 3.41. The van der Waals surface area contributed by atoms with Gasteiger partial charge in [-0.05, 0) is 68.7 Å². The highest BCUT2D eigenvalue weighted by atomic mass is 35.5. The lowest BCUT2D eigenvalue weighted by molar-refractivity contribution is -0.135. The second-order valence-electron chi connectivity index (χ2n) is 11.6. The first kappa shape index (κ1) is 28.4. The van der Waals surface area contributed by atoms with Crippen molar-refractivity contribution in [2.24, 2.45) is 0 Å². The number of fused-ring (bicyclic) bond motifs is 2. The van der Waals surface area contributed by atoms with Crippen molar-refractivity contribution in [3.05, 3.63) is 53.3 Å². The Bertz CT molecular complexity index is 1340. The highest BCUT2D eigenvalue weighted by Gasteiger charge is 2.41. The minimum absolute atomic E-state index is 0.0626. The zero-order valence-corrected chi connectivity index (χ0v) is 24.9. The molecule has 2 aromatic rings. The minimum atomic E-state index is -0.753. The summed E-state index contributed by atoms with van der Waals surface area (Å²) >= 11 is 7.63. The number of thioether (sulfide) groups is 1. The quantitative estimate of drug-likeness (QED) is 0.506. The van der Waals surface area contributed by atoms with Crippen molar-refractivity contribution in [2.75, 3.05) is 39.2 Å². The summed E-state index contributed by atoms with van der Waals surface area (Å²) in [5.74, 6) is 0.285. The van der Waals surface area contributed by atoms with E-state index in [2.05, 4.69) is 16.3 Å². The topological polar surface area (TPSA) is 85.4 Å². The van der Waals surface area contributed by atoms with Crippen LogP contribution in [0.25, 0.3) is 10.8 Å². The number of alkyl carbamates (subject to hydrolysis) is 1. The predicted molar refractivity (Wildman–Crippen MR) is 157 cm³/mol. The molecule has 1 unspecified atom stereocenters. The van der Waals surface area contributed by atoms with Gasteiger partial charge in [0.15, 0.2) is 0 Å². The Balaban J connectivity index is 1.23. The smallest absolute Gasteiger partial charge is 0.408 e. The first-order chi connectivity index (χ1) is 19.0. The maximum Gasteiger partial charge on any atom is 0.408 e. The second-order valence-corrected chi connectivity index (χ2v) is 13.1. The van der Waals surface area contributed by atoms with Crippen LogP contribution >= 0.6 is 23.4 Å². The summed E-state index contributed by atoms with van der Waals surface area (Å²) in [6.07, 6.45) is 2.69. The Labute approximate surface area is 244 Å². The molecule has 3 amide bonds. The maximum absolute atomic E-state index is 13.7. The van der Waals surface area contributed by atoms with Crippen LogP contribution in [0.4, 0.5) is 4.79 Å². The lowest BCUT2D eigenvalue weighted by Gasteiger charge is -2.38. The molecular formula is C29H36ClN5O4S. The Morgan fingerprint density at radius 1 is 1.10 bits per heavy atom. The SMILES string of the molecule is CN1C=C2C(=O)N(C3CCN(C(=O)C(CSc4ccc5cc(Cl)ccc5c4)NC(=O)OC(C)(C)C)CC3)CN2C1. The number of nitrogens with one attached hydrogen (secondary N) is 1. The molecule has 3 heterocycles. The number of benzene rings is 2. The van der Waals surface area contributed by atoms with Crippen LogP contribution in [0.5, 0.6) is 0 Å². The molecule has 40 heavy (non-hydrogen) atoms. The van der Waals surface area contributed by atoms with Crippen LogP contribution in [0.1, 0.15) is 33.6 Å². The largest absolute Gasteiger partial charge is 0.444 e. The van der Waals surface area contributed by atoms with Crippen LogP contribution in [0.2, 0.25) is 5.02 Å². The van der Waals surface area contributed by atoms with Crippen LogP contribution in [0.15, 0.2) is 53.2 Å². The van der Waals surface area contributed by atoms with Gasteiger partial charge in [-0.3, -0.25) is 9.59 Å². The van der Waals surface area contributed by atoms with E-state index >= 15 is 0 Å². The van der Waals surface area contributed by atoms with Crippen LogP contribution < -0.4 is 5.32 Å². The fourth-order valence-corrected chi connectivity index (χ4v) is 6.51. The molecule has 1 atom stereocenters. The fourth-order valence-electron chi connectivity index (χ4n) is 5.37. The van der Waals surface area contributed by atoms with Crippen LogP contribution in [0.3, 0.4) is 0 Å². The van der Waals surface area contributed by atoms with Crippen molar-refractivity contribution < 1.29 is 19.1 Å². The van der Waals surface area contributed by atoms with Crippen LogP contribution in [-0.2, 0) is 14.3 Å². The lowest BCUT2D eigenvalue weighted by Crippen LogP contribution is -2.54. The molecule has 0 saturated carbocycles. The van der Waals surface area contributed by atoms with Crippen molar-refractivity contribution in [1.29, 1.82) is 0 Å². The van der Waals surface area contributed by atoms with Gasteiger partial charge in [-0.25, -0.2) is 4.79 Å². The highest BCUT2D eigenvalue weighted by molar-refractivity contribution is 7.99. The molecule has 0 bridgehead atoms. The first-order valence-corrected chi connectivity index (χ1v) is 14.9. The van der Waals surface area contributed by atoms with E-state index in [4.69, 9.17) is 16.3 Å². The van der Waals surface area contributed by atoms with E-state index in [0.29, 0.717) is 43.4 Å². The molecule has 0 spiro atoms. The standard InChI is InChI=1S/C29H36ClN5O4S/c1-29(2,3)39-28(38)31-24(16-40-23-8-6-19-13-21(30)7-5-20(19)14-23)26(36)33-11-9-22(10-12-33)35-18-34-17-32(4)15-25(34)27(35)37/h5-8,13-15,22,24H,9-12,16-18H2,1-4H3,(H,31,38). The third kappa shape index (κ3) is 6.44. The summed E-state index contributed by atoms with van der Waals surface area (Å²) in [6.45, 7) is 7.75. The molecule has 2 saturated heterocycles. The number of piperidine rings is 1. The lowest BCUT2D eigenvalue weighted by atomic mass is 10.0. The van der Waals surface area contributed by atoms with Crippen LogP contribution in [-0.4, -0.2) is 94.4 Å². The number of hydrogen-bond acceptors (Lipinski definition) is 7. The summed E-state index contributed by atoms with van der Waals surface area (Å²) in [5.41, 5.74) is 0.0697. The number of rotatable bonds is 6. The monoisotopic (exact) mass is 585 g/mol. The van der Waals surface area contributed by atoms with E-state index in [1.807, 2.05) is 53.4 Å². The molecule has 11 heteroatoms. The predicted octanol–water partition coefficient (Wildman–Crippen LogP) is 4.32. The minimum Gasteiger partial charge on any atom is -0.444 e. The Morgan fingerprint density at radius 3 is 2.50 bits per heavy atom. The molecule has 3 aliphatic rings. The number of halogens is 1. The van der Waals surface area contributed by atoms with Gasteiger partial charge >= 0.3 is 6.09 Å². The molecule has 2 aromatic carbocycles. The third-order valence-electron chi connectivity index (χ3n) is 7.28. The number of carbonyl (C=O) groups is 3. The van der Waals surface area contributed by atoms with Crippen molar-refractivity contribution in [3.63, 3.8) is 0 Å². The van der Waals surface area contributed by atoms with Gasteiger partial charge in [0.05, 0.1) is 13.3 Å². The summed E-state index contributed by atoms with van der Waals surface area (Å²) in [7, 11) is 1.96. The first-order valence-electron chi connectivity index (χ1n) is 13.6. The maximum atomic E-state index is 13.7. The molecular weight excluding hydrogens is 550 g/mol. The zero-order valence-electron chi connectivity index (χ0n) is 23.4. The molecule has 5 rings (SSSR count). The van der Waals surface area contributed by atoms with Gasteiger partial charge in [0.25, 0.3) is 5.91 Å². The van der Waals surface area contributed by atoms with Crippen molar-refractivity contribution in [1.82, 2.24) is 24.9 Å². The summed E-state index contributed by atoms with van der Waals surface area (Å²) in [5, 5.41) is 5.59. The summed E-state index contributed by atoms with van der Waals surface area (Å²) in [4.78, 5) is 48.1. The van der Waals surface area contributed by atoms with Crippen molar-refractivity contribution >= 4 is 52.0 Å². The average molecular weight is 586 g/mol. The van der Waals surface area contributed by atoms with Gasteiger partial charge in [-0.2, -0.15) is 0 Å². The number of hydrogen-bond donors (Lipinski definition) is 1. The number of ether oxygens (including phenoxy) is 1. The van der Waals surface area contributed by atoms with Crippen LogP contribution in [0, 0.1) is 0 Å². The molecule has 3 aliphatic heterocycles. The van der Waals surface area contributed by atoms with Gasteiger partial charge in [0.2, 0.25) is 5.91 Å². The highest BCUT2D eigenvalue weighted by Crippen LogP contribution is 2.30. The number of likely N-dealkylation sites (tertiary alicyclic amines) is 1. The molecule has 0 aromatic heterocycles. The second kappa shape index (κ2) is 11.4. The van der Waals surface area contributed by atoms with Crippen molar-refractivity contribution in [3.8, 4) is 0 Å². The van der Waals surface area contributed by atoms with Crippen molar-refractivity contribution in [2.45, 2.75) is 56.2 Å². The fraction of sp³-hybridized carbons (Fsp3) is 0.483. The van der Waals surface area contributed by atoms with Gasteiger partial charge in [-0.15, -0.1) is 11.8 Å². The van der Waals surface area contributed by atoms with Gasteiger partial charge < -0.3 is 29.7 Å². The molecule has 0 radical (unpaired) electrons. The van der Waals surface area contributed by atoms with E-state index < -0.39 is 17.7 Å².